The molecule has 39 heavy (non-hydrogen) atoms. The van der Waals surface area contributed by atoms with E-state index in [9.17, 15) is 9.59 Å². The quantitative estimate of drug-likeness (QED) is 0.411. The zero-order valence-electron chi connectivity index (χ0n) is 23.2. The van der Waals surface area contributed by atoms with Gasteiger partial charge in [0.1, 0.15) is 12.4 Å². The van der Waals surface area contributed by atoms with Crippen molar-refractivity contribution in [1.82, 2.24) is 4.90 Å². The molecule has 4 bridgehead atoms. The highest BCUT2D eigenvalue weighted by atomic mass is 16.5. The van der Waals surface area contributed by atoms with Crippen LogP contribution in [0.25, 0.3) is 0 Å². The van der Waals surface area contributed by atoms with Crippen LogP contribution in [-0.4, -0.2) is 50.8 Å². The Morgan fingerprint density at radius 2 is 1.54 bits per heavy atom. The van der Waals surface area contributed by atoms with Gasteiger partial charge in [0, 0.05) is 6.54 Å². The van der Waals surface area contributed by atoms with Gasteiger partial charge in [-0.2, -0.15) is 0 Å². The Kier molecular flexibility index (Phi) is 6.94. The summed E-state index contributed by atoms with van der Waals surface area (Å²) < 4.78 is 22.6. The molecule has 7 nitrogen and oxygen atoms in total. The molecule has 1 heterocycles. The fourth-order valence-electron chi connectivity index (χ4n) is 8.21. The number of carbonyl (C=O) groups excluding carboxylic acids is 2. The average Bonchev–Trinajstić information content (AvgIpc) is 2.94. The molecule has 1 amide bonds. The van der Waals surface area contributed by atoms with Gasteiger partial charge >= 0.3 is 5.97 Å². The van der Waals surface area contributed by atoms with Gasteiger partial charge in [0.2, 0.25) is 5.91 Å². The van der Waals surface area contributed by atoms with Gasteiger partial charge in [-0.05, 0) is 117 Å². The lowest BCUT2D eigenvalue weighted by Gasteiger charge is -2.57. The molecule has 4 aliphatic carbocycles. The lowest BCUT2D eigenvalue weighted by molar-refractivity contribution is -0.161. The Labute approximate surface area is 230 Å². The zero-order chi connectivity index (χ0) is 27.1. The van der Waals surface area contributed by atoms with E-state index in [2.05, 4.69) is 4.90 Å². The average molecular weight is 534 g/mol. The highest BCUT2D eigenvalue weighted by Crippen LogP contribution is 2.61. The molecule has 0 aromatic heterocycles. The predicted octanol–water partition coefficient (Wildman–Crippen LogP) is 5.60. The fraction of sp³-hybridized carbons (Fsp3) is 0.562. The van der Waals surface area contributed by atoms with Crippen molar-refractivity contribution in [1.29, 1.82) is 0 Å². The molecule has 2 aromatic rings. The summed E-state index contributed by atoms with van der Waals surface area (Å²) in [5.41, 5.74) is 2.48. The largest absolute Gasteiger partial charge is 0.493 e. The van der Waals surface area contributed by atoms with Crippen LogP contribution < -0.4 is 14.2 Å². The van der Waals surface area contributed by atoms with Crippen molar-refractivity contribution < 1.29 is 28.5 Å². The molecular weight excluding hydrogens is 494 g/mol. The summed E-state index contributed by atoms with van der Waals surface area (Å²) in [7, 11) is 3.29. The molecule has 7 heteroatoms. The summed E-state index contributed by atoms with van der Waals surface area (Å²) >= 11 is 0. The molecule has 0 spiro atoms. The Morgan fingerprint density at radius 1 is 0.923 bits per heavy atom. The Morgan fingerprint density at radius 3 is 2.13 bits per heavy atom. The molecule has 4 fully saturated rings. The van der Waals surface area contributed by atoms with Crippen LogP contribution in [0.2, 0.25) is 0 Å². The summed E-state index contributed by atoms with van der Waals surface area (Å²) in [4.78, 5) is 28.7. The predicted molar refractivity (Wildman–Crippen MR) is 146 cm³/mol. The van der Waals surface area contributed by atoms with Crippen LogP contribution in [0.15, 0.2) is 36.4 Å². The van der Waals surface area contributed by atoms with Gasteiger partial charge < -0.3 is 23.8 Å². The normalized spacial score (nSPS) is 28.5. The minimum atomic E-state index is -0.348. The number of amides is 1. The van der Waals surface area contributed by atoms with Crippen molar-refractivity contribution >= 4 is 11.9 Å². The fourth-order valence-corrected chi connectivity index (χ4v) is 8.21. The summed E-state index contributed by atoms with van der Waals surface area (Å²) in [6.45, 7) is 3.11. The number of hydrogen-bond donors (Lipinski definition) is 0. The summed E-state index contributed by atoms with van der Waals surface area (Å²) in [5.74, 6) is 4.08. The van der Waals surface area contributed by atoms with E-state index in [0.29, 0.717) is 66.2 Å². The highest BCUT2D eigenvalue weighted by Gasteiger charge is 2.56. The minimum absolute atomic E-state index is 0.220. The molecule has 1 aliphatic heterocycles. The van der Waals surface area contributed by atoms with Gasteiger partial charge in [-0.1, -0.05) is 0 Å². The third-order valence-corrected chi connectivity index (χ3v) is 9.53. The SMILES string of the molecule is CCOC(=O)c1ccc(OC[C@H]2c3cc(OC)c(OC)cc3CCN2C(=O)C23CC4CC(CC(C4)C2)C3)cc1. The topological polar surface area (TPSA) is 74.3 Å². The summed E-state index contributed by atoms with van der Waals surface area (Å²) in [6.07, 6.45) is 7.81. The molecule has 208 valence electrons. The number of rotatable bonds is 8. The van der Waals surface area contributed by atoms with Crippen molar-refractivity contribution in [2.24, 2.45) is 23.2 Å². The molecule has 0 saturated heterocycles. The lowest BCUT2D eigenvalue weighted by Crippen LogP contribution is -2.56. The number of methoxy groups -OCH3 is 2. The maximum absolute atomic E-state index is 14.5. The van der Waals surface area contributed by atoms with Crippen LogP contribution in [0.1, 0.15) is 73.0 Å². The molecule has 1 atom stereocenters. The number of esters is 1. The summed E-state index contributed by atoms with van der Waals surface area (Å²) in [6, 6.07) is 10.8. The standard InChI is InChI=1S/C32H39NO6/c1-4-38-30(34)23-5-7-25(8-6-23)39-19-27-26-15-29(37-3)28(36-2)14-24(26)9-10-33(27)31(35)32-16-20-11-21(17-32)13-22(12-20)18-32/h5-8,14-15,20-22,27H,4,9-13,16-19H2,1-3H3/t20?,21?,22?,27-,32?/m0/s1. The van der Waals surface area contributed by atoms with E-state index in [-0.39, 0.29) is 17.4 Å². The number of hydrogen-bond acceptors (Lipinski definition) is 6. The van der Waals surface area contributed by atoms with Gasteiger partial charge in [-0.15, -0.1) is 0 Å². The molecule has 0 unspecified atom stereocenters. The van der Waals surface area contributed by atoms with Crippen molar-refractivity contribution in [2.45, 2.75) is 57.9 Å². The highest BCUT2D eigenvalue weighted by molar-refractivity contribution is 5.89. The zero-order valence-corrected chi connectivity index (χ0v) is 23.2. The smallest absolute Gasteiger partial charge is 0.338 e. The van der Waals surface area contributed by atoms with Crippen molar-refractivity contribution in [3.8, 4) is 17.2 Å². The van der Waals surface area contributed by atoms with Crippen LogP contribution in [0.5, 0.6) is 17.2 Å². The van der Waals surface area contributed by atoms with Crippen LogP contribution in [0.3, 0.4) is 0 Å². The second kappa shape index (κ2) is 10.4. The second-order valence-corrected chi connectivity index (χ2v) is 11.9. The van der Waals surface area contributed by atoms with Gasteiger partial charge in [-0.3, -0.25) is 4.79 Å². The Bertz CT molecular complexity index is 1200. The lowest BCUT2D eigenvalue weighted by atomic mass is 9.49. The molecule has 0 radical (unpaired) electrons. The van der Waals surface area contributed by atoms with E-state index < -0.39 is 0 Å². The van der Waals surface area contributed by atoms with E-state index in [1.54, 1.807) is 45.4 Å². The monoisotopic (exact) mass is 533 g/mol. The van der Waals surface area contributed by atoms with E-state index >= 15 is 0 Å². The van der Waals surface area contributed by atoms with Crippen molar-refractivity contribution in [2.75, 3.05) is 34.0 Å². The van der Waals surface area contributed by atoms with E-state index in [1.807, 2.05) is 12.1 Å². The van der Waals surface area contributed by atoms with Gasteiger partial charge in [-0.25, -0.2) is 4.79 Å². The molecule has 2 aromatic carbocycles. The first-order valence-corrected chi connectivity index (χ1v) is 14.4. The molecule has 5 aliphatic rings. The number of carbonyl (C=O) groups is 2. The second-order valence-electron chi connectivity index (χ2n) is 11.9. The first kappa shape index (κ1) is 26.0. The van der Waals surface area contributed by atoms with Crippen molar-refractivity contribution in [3.63, 3.8) is 0 Å². The molecule has 0 N–H and O–H groups in total. The number of benzene rings is 2. The third kappa shape index (κ3) is 4.74. The van der Waals surface area contributed by atoms with E-state index in [4.69, 9.17) is 18.9 Å². The van der Waals surface area contributed by atoms with Crippen molar-refractivity contribution in [3.05, 3.63) is 53.1 Å². The van der Waals surface area contributed by atoms with E-state index in [1.165, 1.54) is 19.3 Å². The minimum Gasteiger partial charge on any atom is -0.493 e. The van der Waals surface area contributed by atoms with Gasteiger partial charge in [0.25, 0.3) is 0 Å². The van der Waals surface area contributed by atoms with Crippen LogP contribution >= 0.6 is 0 Å². The van der Waals surface area contributed by atoms with Crippen LogP contribution in [-0.2, 0) is 16.0 Å². The summed E-state index contributed by atoms with van der Waals surface area (Å²) in [5, 5.41) is 0. The van der Waals surface area contributed by atoms with E-state index in [0.717, 1.165) is 36.8 Å². The van der Waals surface area contributed by atoms with Crippen LogP contribution in [0, 0.1) is 23.2 Å². The third-order valence-electron chi connectivity index (χ3n) is 9.53. The Hall–Kier alpha value is -3.22. The number of fused-ring (bicyclic) bond motifs is 1. The number of ether oxygens (including phenoxy) is 4. The first-order chi connectivity index (χ1) is 18.9. The van der Waals surface area contributed by atoms with Crippen LogP contribution in [0.4, 0.5) is 0 Å². The maximum Gasteiger partial charge on any atom is 0.338 e. The number of nitrogens with zero attached hydrogens (tertiary/aromatic N) is 1. The molecule has 7 rings (SSSR count). The van der Waals surface area contributed by atoms with Gasteiger partial charge in [0.05, 0.1) is 37.8 Å². The maximum atomic E-state index is 14.5. The molecule has 4 saturated carbocycles. The first-order valence-electron chi connectivity index (χ1n) is 14.4. The van der Waals surface area contributed by atoms with Gasteiger partial charge in [0.15, 0.2) is 11.5 Å². The Balaban J connectivity index is 1.29. The molecular formula is C32H39NO6.